The van der Waals surface area contributed by atoms with Crippen molar-refractivity contribution in [1.82, 2.24) is 0 Å². The first-order valence-electron chi connectivity index (χ1n) is 5.17. The van der Waals surface area contributed by atoms with Crippen LogP contribution in [0.4, 0.5) is 4.39 Å². The summed E-state index contributed by atoms with van der Waals surface area (Å²) in [6.45, 7) is 5.06. The van der Waals surface area contributed by atoms with Crippen LogP contribution in [0.15, 0.2) is 12.2 Å². The van der Waals surface area contributed by atoms with Gasteiger partial charge in [-0.25, -0.2) is 4.39 Å². The molecule has 3 fully saturated rings. The van der Waals surface area contributed by atoms with E-state index in [0.29, 0.717) is 12.8 Å². The average Bonchev–Trinajstić information content (AvgIpc) is 3.03. The van der Waals surface area contributed by atoms with Crippen molar-refractivity contribution in [2.75, 3.05) is 0 Å². The lowest BCUT2D eigenvalue weighted by Gasteiger charge is -2.23. The van der Waals surface area contributed by atoms with Gasteiger partial charge in [0.2, 0.25) is 11.5 Å². The van der Waals surface area contributed by atoms with Crippen molar-refractivity contribution in [3.63, 3.8) is 0 Å². The molecule has 1 heterocycles. The first kappa shape index (κ1) is 9.48. The van der Waals surface area contributed by atoms with Crippen LogP contribution < -0.4 is 0 Å². The molecule has 2 spiro atoms. The maximum atomic E-state index is 14.7. The summed E-state index contributed by atoms with van der Waals surface area (Å²) in [5.74, 6) is -0.618. The summed E-state index contributed by atoms with van der Waals surface area (Å²) >= 11 is 0. The van der Waals surface area contributed by atoms with Gasteiger partial charge in [0.05, 0.1) is 6.10 Å². The fraction of sp³-hybridized carbons (Fsp3) is 0.727. The number of ketones is 1. The zero-order valence-electron chi connectivity index (χ0n) is 8.55. The lowest BCUT2D eigenvalue weighted by Crippen LogP contribution is -2.43. The van der Waals surface area contributed by atoms with Gasteiger partial charge in [-0.3, -0.25) is 4.79 Å². The van der Waals surface area contributed by atoms with Crippen LogP contribution in [0, 0.1) is 0 Å². The van der Waals surface area contributed by atoms with Crippen LogP contribution in [0.5, 0.6) is 0 Å². The van der Waals surface area contributed by atoms with E-state index in [0.717, 1.165) is 0 Å². The van der Waals surface area contributed by atoms with E-state index in [4.69, 9.17) is 4.74 Å². The van der Waals surface area contributed by atoms with Crippen molar-refractivity contribution < 1.29 is 19.0 Å². The van der Waals surface area contributed by atoms with Gasteiger partial charge in [-0.15, -0.1) is 0 Å². The maximum Gasteiger partial charge on any atom is 0.220 e. The molecule has 1 N–H and O–H groups in total. The highest BCUT2D eigenvalue weighted by Crippen LogP contribution is 2.66. The number of alkyl halides is 1. The number of ether oxygens (including phenoxy) is 1. The van der Waals surface area contributed by atoms with Crippen LogP contribution in [0.25, 0.3) is 0 Å². The standard InChI is InChI=1S/C11H13FO3/c1-6(2)11(12)8(14)10(5-7(10)13)15-9(11)3-4-9/h7,13H,1,3-5H2,2H3/t7-,10?,11?/m1/s1. The lowest BCUT2D eigenvalue weighted by atomic mass is 9.85. The molecule has 0 aromatic rings. The monoisotopic (exact) mass is 212 g/mol. The molecular formula is C11H13FO3. The Kier molecular flexibility index (Phi) is 1.38. The highest BCUT2D eigenvalue weighted by molar-refractivity contribution is 6.04. The second-order valence-electron chi connectivity index (χ2n) is 4.97. The highest BCUT2D eigenvalue weighted by Gasteiger charge is 2.83. The average molecular weight is 212 g/mol. The number of Topliss-reactive ketones (excluding diaryl/α,β-unsaturated/α-hetero) is 1. The summed E-state index contributed by atoms with van der Waals surface area (Å²) in [7, 11) is 0. The first-order valence-corrected chi connectivity index (χ1v) is 5.17. The summed E-state index contributed by atoms with van der Waals surface area (Å²) in [5.41, 5.74) is -4.14. The smallest absolute Gasteiger partial charge is 0.220 e. The van der Waals surface area contributed by atoms with Crippen LogP contribution in [-0.4, -0.2) is 33.9 Å². The van der Waals surface area contributed by atoms with Gasteiger partial charge in [0, 0.05) is 6.42 Å². The number of aliphatic hydroxyl groups excluding tert-OH is 1. The minimum Gasteiger partial charge on any atom is -0.389 e. The first-order chi connectivity index (χ1) is 6.89. The number of hydrogen-bond acceptors (Lipinski definition) is 3. The third kappa shape index (κ3) is 0.786. The van der Waals surface area contributed by atoms with E-state index < -0.39 is 28.8 Å². The zero-order chi connectivity index (χ0) is 11.1. The largest absolute Gasteiger partial charge is 0.389 e. The van der Waals surface area contributed by atoms with Crippen LogP contribution in [0.2, 0.25) is 0 Å². The van der Waals surface area contributed by atoms with Gasteiger partial charge in [-0.2, -0.15) is 0 Å². The number of halogens is 1. The Hall–Kier alpha value is -0.740. The predicted molar refractivity (Wildman–Crippen MR) is 50.1 cm³/mol. The molecule has 1 saturated heterocycles. The van der Waals surface area contributed by atoms with E-state index >= 15 is 0 Å². The number of rotatable bonds is 1. The SMILES string of the molecule is C=C(C)C1(F)C(=O)C2(C[C@H]2O)OC12CC2. The predicted octanol–water partition coefficient (Wildman–Crippen LogP) is 0.906. The topological polar surface area (TPSA) is 46.5 Å². The van der Waals surface area contributed by atoms with Gasteiger partial charge in [0.1, 0.15) is 5.60 Å². The summed E-state index contributed by atoms with van der Waals surface area (Å²) in [4.78, 5) is 12.0. The summed E-state index contributed by atoms with van der Waals surface area (Å²) in [6.07, 6.45) is 0.471. The molecule has 0 aromatic heterocycles. The lowest BCUT2D eigenvalue weighted by molar-refractivity contribution is -0.130. The van der Waals surface area contributed by atoms with Gasteiger partial charge in [-0.05, 0) is 25.3 Å². The summed E-state index contributed by atoms with van der Waals surface area (Å²) < 4.78 is 20.2. The molecule has 3 aliphatic rings. The number of carbonyl (C=O) groups is 1. The third-order valence-electron chi connectivity index (χ3n) is 3.87. The molecule has 0 amide bonds. The molecule has 3 nitrogen and oxygen atoms in total. The van der Waals surface area contributed by atoms with Crippen LogP contribution >= 0.6 is 0 Å². The third-order valence-corrected chi connectivity index (χ3v) is 3.87. The fourth-order valence-corrected chi connectivity index (χ4v) is 2.69. The van der Waals surface area contributed by atoms with Crippen LogP contribution in [-0.2, 0) is 9.53 Å². The Labute approximate surface area is 86.9 Å². The van der Waals surface area contributed by atoms with Gasteiger partial charge >= 0.3 is 0 Å². The van der Waals surface area contributed by atoms with E-state index in [-0.39, 0.29) is 12.0 Å². The molecule has 2 aliphatic carbocycles. The van der Waals surface area contributed by atoms with Gasteiger partial charge in [0.15, 0.2) is 5.60 Å². The number of carbonyl (C=O) groups excluding carboxylic acids is 1. The number of aliphatic hydroxyl groups is 1. The Morgan fingerprint density at radius 2 is 2.20 bits per heavy atom. The Morgan fingerprint density at radius 3 is 2.47 bits per heavy atom. The molecule has 0 aromatic carbocycles. The molecule has 15 heavy (non-hydrogen) atoms. The van der Waals surface area contributed by atoms with Crippen molar-refractivity contribution in [2.24, 2.45) is 0 Å². The Bertz CT molecular complexity index is 387. The summed E-state index contributed by atoms with van der Waals surface area (Å²) in [5, 5.41) is 9.42. The molecule has 0 bridgehead atoms. The van der Waals surface area contributed by atoms with E-state index in [1.165, 1.54) is 6.92 Å². The molecule has 2 saturated carbocycles. The molecule has 1 aliphatic heterocycles. The number of hydrogen-bond donors (Lipinski definition) is 1. The molecule has 4 heteroatoms. The molecule has 3 rings (SSSR count). The Balaban J connectivity index is 2.09. The normalized spacial score (nSPS) is 50.1. The van der Waals surface area contributed by atoms with Crippen molar-refractivity contribution in [2.45, 2.75) is 49.2 Å². The van der Waals surface area contributed by atoms with E-state index in [1.807, 2.05) is 0 Å². The minimum atomic E-state index is -2.08. The molecular weight excluding hydrogens is 199 g/mol. The quantitative estimate of drug-likeness (QED) is 0.657. The minimum absolute atomic E-state index is 0.195. The van der Waals surface area contributed by atoms with E-state index in [9.17, 15) is 14.3 Å². The van der Waals surface area contributed by atoms with E-state index in [1.54, 1.807) is 0 Å². The maximum absolute atomic E-state index is 14.7. The second kappa shape index (κ2) is 2.18. The van der Waals surface area contributed by atoms with Gasteiger partial charge in [0.25, 0.3) is 0 Å². The highest BCUT2D eigenvalue weighted by atomic mass is 19.1. The van der Waals surface area contributed by atoms with Crippen molar-refractivity contribution in [1.29, 1.82) is 0 Å². The van der Waals surface area contributed by atoms with Crippen molar-refractivity contribution in [3.05, 3.63) is 12.2 Å². The molecule has 2 unspecified atom stereocenters. The van der Waals surface area contributed by atoms with Crippen molar-refractivity contribution in [3.8, 4) is 0 Å². The van der Waals surface area contributed by atoms with Crippen molar-refractivity contribution >= 4 is 5.78 Å². The Morgan fingerprint density at radius 1 is 1.67 bits per heavy atom. The molecule has 0 radical (unpaired) electrons. The zero-order valence-corrected chi connectivity index (χ0v) is 8.55. The van der Waals surface area contributed by atoms with E-state index in [2.05, 4.69) is 6.58 Å². The molecule has 82 valence electrons. The van der Waals surface area contributed by atoms with Gasteiger partial charge < -0.3 is 9.84 Å². The van der Waals surface area contributed by atoms with Gasteiger partial charge in [-0.1, -0.05) is 6.58 Å². The van der Waals surface area contributed by atoms with Crippen LogP contribution in [0.1, 0.15) is 26.2 Å². The summed E-state index contributed by atoms with van der Waals surface area (Å²) in [6, 6.07) is 0. The fourth-order valence-electron chi connectivity index (χ4n) is 2.69. The van der Waals surface area contributed by atoms with Crippen LogP contribution in [0.3, 0.4) is 0 Å². The molecule has 3 atom stereocenters. The second-order valence-corrected chi connectivity index (χ2v) is 4.97.